The van der Waals surface area contributed by atoms with Gasteiger partial charge in [-0.3, -0.25) is 4.79 Å². The number of methoxy groups -OCH3 is 1. The fourth-order valence-corrected chi connectivity index (χ4v) is 8.52. The summed E-state index contributed by atoms with van der Waals surface area (Å²) in [6.45, 7) is 17.9. The minimum absolute atomic E-state index is 0.0384. The van der Waals surface area contributed by atoms with Gasteiger partial charge in [-0.05, 0) is 128 Å². The molecule has 4 unspecified atom stereocenters. The number of esters is 1. The largest absolute Gasteiger partial charge is 0.496 e. The van der Waals surface area contributed by atoms with Crippen molar-refractivity contribution in [2.45, 2.75) is 149 Å². The van der Waals surface area contributed by atoms with Gasteiger partial charge in [0.2, 0.25) is 5.91 Å². The van der Waals surface area contributed by atoms with Crippen LogP contribution in [0.25, 0.3) is 0 Å². The lowest BCUT2D eigenvalue weighted by Crippen LogP contribution is -2.65. The average molecular weight is 669 g/mol. The van der Waals surface area contributed by atoms with E-state index < -0.39 is 41.9 Å². The summed E-state index contributed by atoms with van der Waals surface area (Å²) in [4.78, 5) is 39.1. The number of benzene rings is 1. The van der Waals surface area contributed by atoms with Crippen LogP contribution >= 0.6 is 0 Å². The number of rotatable bonds is 9. The molecule has 5 atom stereocenters. The van der Waals surface area contributed by atoms with E-state index in [9.17, 15) is 14.4 Å². The first-order chi connectivity index (χ1) is 22.3. The van der Waals surface area contributed by atoms with E-state index in [0.717, 1.165) is 44.1 Å². The third-order valence-corrected chi connectivity index (χ3v) is 11.0. The molecule has 0 radical (unpaired) electrons. The maximum Gasteiger partial charge on any atom is 0.482 e. The number of hydrogen-bond acceptors (Lipinski definition) is 8. The van der Waals surface area contributed by atoms with Crippen LogP contribution in [0.15, 0.2) is 18.2 Å². The standard InChI is InChI=1S/C37H57BN2O8/c1-34(2,3)45-32(42)26-13-11-12-23(31(26)44-10)19-29(38-47-28-21-24-20-27(36(24,7)8)37(28,9)48-38)40-30(41)18-22-14-16-25(17-15-22)39-33(43)46-35(4,5)6/h11-13,22,24-25,27-29H,14-21H2,1-10H3,(H,39,43)(H,40,41)/t22-,24?,25+,27?,28?,29-,37?/m0/s1. The van der Waals surface area contributed by atoms with Crippen LogP contribution in [0.1, 0.15) is 123 Å². The average Bonchev–Trinajstić information content (AvgIpc) is 3.33. The third-order valence-electron chi connectivity index (χ3n) is 11.0. The zero-order valence-electron chi connectivity index (χ0n) is 30.7. The van der Waals surface area contributed by atoms with Crippen LogP contribution in [0, 0.1) is 23.2 Å². The summed E-state index contributed by atoms with van der Waals surface area (Å²) in [5.41, 5.74) is -0.362. The number of carbonyl (C=O) groups excluding carboxylic acids is 3. The van der Waals surface area contributed by atoms with Crippen molar-refractivity contribution in [2.24, 2.45) is 23.2 Å². The maximum absolute atomic E-state index is 13.7. The molecule has 2 bridgehead atoms. The smallest absolute Gasteiger partial charge is 0.482 e. The molecule has 4 saturated carbocycles. The van der Waals surface area contributed by atoms with Gasteiger partial charge in [-0.15, -0.1) is 0 Å². The molecule has 1 saturated heterocycles. The van der Waals surface area contributed by atoms with Crippen LogP contribution < -0.4 is 15.4 Å². The van der Waals surface area contributed by atoms with Crippen LogP contribution in [0.5, 0.6) is 5.75 Å². The molecule has 6 rings (SSSR count). The monoisotopic (exact) mass is 668 g/mol. The van der Waals surface area contributed by atoms with Crippen LogP contribution in [-0.2, 0) is 30.0 Å². The van der Waals surface area contributed by atoms with Crippen molar-refractivity contribution >= 4 is 25.1 Å². The number of ether oxygens (including phenoxy) is 3. The minimum atomic E-state index is -0.661. The predicted molar refractivity (Wildman–Crippen MR) is 184 cm³/mol. The lowest BCUT2D eigenvalue weighted by atomic mass is 9.43. The van der Waals surface area contributed by atoms with Crippen molar-refractivity contribution in [3.63, 3.8) is 0 Å². The molecule has 2 amide bonds. The zero-order chi connectivity index (χ0) is 35.2. The van der Waals surface area contributed by atoms with Crippen LogP contribution in [0.2, 0.25) is 0 Å². The number of nitrogens with one attached hydrogen (secondary N) is 2. The molecular weight excluding hydrogens is 611 g/mol. The second-order valence-corrected chi connectivity index (χ2v) is 17.3. The Labute approximate surface area is 287 Å². The molecule has 1 aliphatic heterocycles. The normalized spacial score (nSPS) is 30.0. The van der Waals surface area contributed by atoms with E-state index in [0.29, 0.717) is 36.0 Å². The molecule has 266 valence electrons. The van der Waals surface area contributed by atoms with E-state index in [1.54, 1.807) is 13.2 Å². The van der Waals surface area contributed by atoms with Gasteiger partial charge >= 0.3 is 19.2 Å². The molecule has 11 heteroatoms. The lowest BCUT2D eigenvalue weighted by molar-refractivity contribution is -0.199. The first-order valence-electron chi connectivity index (χ1n) is 17.8. The number of para-hydroxylation sites is 1. The lowest BCUT2D eigenvalue weighted by Gasteiger charge is -2.64. The van der Waals surface area contributed by atoms with Crippen molar-refractivity contribution in [3.05, 3.63) is 29.3 Å². The highest BCUT2D eigenvalue weighted by molar-refractivity contribution is 6.48. The molecule has 10 nitrogen and oxygen atoms in total. The van der Waals surface area contributed by atoms with E-state index in [-0.39, 0.29) is 29.4 Å². The summed E-state index contributed by atoms with van der Waals surface area (Å²) >= 11 is 0. The van der Waals surface area contributed by atoms with Gasteiger partial charge in [0.15, 0.2) is 0 Å². The summed E-state index contributed by atoms with van der Waals surface area (Å²) in [5, 5.41) is 6.27. The highest BCUT2D eigenvalue weighted by atomic mass is 16.7. The molecule has 2 N–H and O–H groups in total. The summed E-state index contributed by atoms with van der Waals surface area (Å²) in [5.74, 6) is 0.562. The quantitative estimate of drug-likeness (QED) is 0.229. The van der Waals surface area contributed by atoms with Crippen LogP contribution in [0.4, 0.5) is 4.79 Å². The van der Waals surface area contributed by atoms with E-state index in [1.165, 1.54) is 0 Å². The van der Waals surface area contributed by atoms with Crippen molar-refractivity contribution in [1.82, 2.24) is 10.6 Å². The molecule has 4 aliphatic carbocycles. The summed E-state index contributed by atoms with van der Waals surface area (Å²) < 4.78 is 30.4. The number of carbonyl (C=O) groups is 3. The SMILES string of the molecule is COc1c(C[C@H](NC(=O)C[C@H]2CC[C@@H](NC(=O)OC(C)(C)C)CC2)B2OC3CC4CC(C4(C)C)C3(C)O2)cccc1C(=O)OC(C)(C)C. The second kappa shape index (κ2) is 13.5. The molecule has 48 heavy (non-hydrogen) atoms. The summed E-state index contributed by atoms with van der Waals surface area (Å²) in [6.07, 6.45) is 5.60. The third kappa shape index (κ3) is 7.98. The fourth-order valence-electron chi connectivity index (χ4n) is 8.52. The first kappa shape index (κ1) is 36.5. The Morgan fingerprint density at radius 1 is 0.979 bits per heavy atom. The highest BCUT2D eigenvalue weighted by Crippen LogP contribution is 2.65. The van der Waals surface area contributed by atoms with Gasteiger partial charge in [0.05, 0.1) is 24.8 Å². The second-order valence-electron chi connectivity index (χ2n) is 17.3. The minimum Gasteiger partial charge on any atom is -0.496 e. The van der Waals surface area contributed by atoms with Crippen molar-refractivity contribution in [3.8, 4) is 5.75 Å². The van der Waals surface area contributed by atoms with E-state index >= 15 is 0 Å². The fraction of sp³-hybridized carbons (Fsp3) is 0.757. The first-order valence-corrected chi connectivity index (χ1v) is 17.8. The molecule has 0 aromatic heterocycles. The maximum atomic E-state index is 13.7. The van der Waals surface area contributed by atoms with Gasteiger partial charge in [-0.25, -0.2) is 9.59 Å². The van der Waals surface area contributed by atoms with Crippen molar-refractivity contribution in [1.29, 1.82) is 0 Å². The van der Waals surface area contributed by atoms with Gasteiger partial charge in [-0.1, -0.05) is 26.0 Å². The Morgan fingerprint density at radius 3 is 2.25 bits per heavy atom. The van der Waals surface area contributed by atoms with Gasteiger partial charge in [0, 0.05) is 12.5 Å². The Balaban J connectivity index is 1.30. The molecule has 1 aromatic rings. The van der Waals surface area contributed by atoms with E-state index in [2.05, 4.69) is 31.4 Å². The van der Waals surface area contributed by atoms with Gasteiger partial charge in [0.1, 0.15) is 22.5 Å². The molecule has 5 aliphatic rings. The molecule has 1 heterocycles. The van der Waals surface area contributed by atoms with E-state index in [4.69, 9.17) is 23.5 Å². The van der Waals surface area contributed by atoms with E-state index in [1.807, 2.05) is 53.7 Å². The Morgan fingerprint density at radius 2 is 1.65 bits per heavy atom. The summed E-state index contributed by atoms with van der Waals surface area (Å²) in [7, 11) is 0.893. The van der Waals surface area contributed by atoms with Crippen LogP contribution in [-0.4, -0.2) is 67.1 Å². The van der Waals surface area contributed by atoms with Crippen molar-refractivity contribution < 1.29 is 37.9 Å². The topological polar surface area (TPSA) is 121 Å². The highest BCUT2D eigenvalue weighted by Gasteiger charge is 2.68. The van der Waals surface area contributed by atoms with Crippen molar-refractivity contribution in [2.75, 3.05) is 7.11 Å². The van der Waals surface area contributed by atoms with Crippen LogP contribution in [0.3, 0.4) is 0 Å². The molecule has 5 fully saturated rings. The number of hydrogen-bond donors (Lipinski definition) is 2. The predicted octanol–water partition coefficient (Wildman–Crippen LogP) is 6.42. The summed E-state index contributed by atoms with van der Waals surface area (Å²) in [6, 6.07) is 5.46. The molecule has 1 aromatic carbocycles. The number of alkyl carbamates (subject to hydrolysis) is 1. The van der Waals surface area contributed by atoms with Gasteiger partial charge in [-0.2, -0.15) is 0 Å². The Kier molecular flexibility index (Phi) is 10.3. The molecular formula is C37H57BN2O8. The molecule has 0 spiro atoms. The Bertz CT molecular complexity index is 1360. The van der Waals surface area contributed by atoms with Gasteiger partial charge < -0.3 is 34.2 Å². The van der Waals surface area contributed by atoms with Gasteiger partial charge in [0.25, 0.3) is 0 Å². The number of amides is 2. The Hall–Kier alpha value is -2.79. The zero-order valence-corrected chi connectivity index (χ0v) is 30.7.